The van der Waals surface area contributed by atoms with Gasteiger partial charge in [0.15, 0.2) is 0 Å². The molecule has 0 saturated carbocycles. The van der Waals surface area contributed by atoms with E-state index in [4.69, 9.17) is 4.74 Å². The average Bonchev–Trinajstić information content (AvgIpc) is 2.79. The zero-order chi connectivity index (χ0) is 16.1. The number of hydrogen-bond acceptors (Lipinski definition) is 3. The third-order valence-corrected chi connectivity index (χ3v) is 4.13. The van der Waals surface area contributed by atoms with Gasteiger partial charge in [0.1, 0.15) is 5.75 Å². The van der Waals surface area contributed by atoms with Gasteiger partial charge in [-0.2, -0.15) is 5.10 Å². The molecule has 0 fully saturated rings. The molecule has 1 aromatic carbocycles. The van der Waals surface area contributed by atoms with Crippen LogP contribution in [0.4, 0.5) is 0 Å². The van der Waals surface area contributed by atoms with E-state index in [1.807, 2.05) is 12.1 Å². The van der Waals surface area contributed by atoms with Crippen LogP contribution in [0.1, 0.15) is 36.4 Å². The quantitative estimate of drug-likeness (QED) is 0.853. The predicted octanol–water partition coefficient (Wildman–Crippen LogP) is 3.25. The largest absolute Gasteiger partial charge is 0.497 e. The summed E-state index contributed by atoms with van der Waals surface area (Å²) in [6.45, 7) is 10.4. The minimum Gasteiger partial charge on any atom is -0.497 e. The van der Waals surface area contributed by atoms with Crippen LogP contribution in [0.15, 0.2) is 24.3 Å². The van der Waals surface area contributed by atoms with Crippen molar-refractivity contribution in [3.8, 4) is 5.75 Å². The Kier molecular flexibility index (Phi) is 5.61. The molecular formula is C18H27N3O. The Morgan fingerprint density at radius 2 is 2.09 bits per heavy atom. The molecule has 120 valence electrons. The molecule has 1 unspecified atom stereocenters. The molecule has 2 aromatic rings. The highest BCUT2D eigenvalue weighted by molar-refractivity contribution is 5.29. The lowest BCUT2D eigenvalue weighted by molar-refractivity contribution is 0.414. The van der Waals surface area contributed by atoms with Gasteiger partial charge >= 0.3 is 0 Å². The summed E-state index contributed by atoms with van der Waals surface area (Å²) >= 11 is 0. The average molecular weight is 301 g/mol. The fourth-order valence-corrected chi connectivity index (χ4v) is 2.80. The lowest BCUT2D eigenvalue weighted by Crippen LogP contribution is -2.28. The number of aryl methyl sites for hydroxylation is 2. The molecule has 1 aromatic heterocycles. The predicted molar refractivity (Wildman–Crippen MR) is 90.4 cm³/mol. The second kappa shape index (κ2) is 7.45. The van der Waals surface area contributed by atoms with Gasteiger partial charge in [0.25, 0.3) is 0 Å². The number of aromatic nitrogens is 2. The molecule has 1 N–H and O–H groups in total. The maximum absolute atomic E-state index is 5.28. The summed E-state index contributed by atoms with van der Waals surface area (Å²) in [7, 11) is 1.71. The number of ether oxygens (including phenoxy) is 1. The smallest absolute Gasteiger partial charge is 0.119 e. The zero-order valence-corrected chi connectivity index (χ0v) is 14.3. The highest BCUT2D eigenvalue weighted by atomic mass is 16.5. The molecular weight excluding hydrogens is 274 g/mol. The number of methoxy groups -OCH3 is 1. The van der Waals surface area contributed by atoms with Gasteiger partial charge in [0.2, 0.25) is 0 Å². The summed E-state index contributed by atoms with van der Waals surface area (Å²) in [5.41, 5.74) is 5.00. The lowest BCUT2D eigenvalue weighted by atomic mass is 10.1. The molecule has 22 heavy (non-hydrogen) atoms. The Balaban J connectivity index is 1.95. The molecule has 4 heteroatoms. The molecule has 0 aliphatic heterocycles. The van der Waals surface area contributed by atoms with Crippen molar-refractivity contribution < 1.29 is 4.74 Å². The van der Waals surface area contributed by atoms with Crippen molar-refractivity contribution >= 4 is 0 Å². The topological polar surface area (TPSA) is 39.1 Å². The molecule has 0 radical (unpaired) electrons. The third-order valence-electron chi connectivity index (χ3n) is 4.13. The van der Waals surface area contributed by atoms with E-state index < -0.39 is 0 Å². The van der Waals surface area contributed by atoms with Gasteiger partial charge in [-0.3, -0.25) is 4.68 Å². The Hall–Kier alpha value is -1.81. The van der Waals surface area contributed by atoms with Crippen LogP contribution >= 0.6 is 0 Å². The first kappa shape index (κ1) is 16.6. The third kappa shape index (κ3) is 3.89. The maximum Gasteiger partial charge on any atom is 0.119 e. The summed E-state index contributed by atoms with van der Waals surface area (Å²) < 4.78 is 7.35. The second-order valence-corrected chi connectivity index (χ2v) is 5.80. The van der Waals surface area contributed by atoms with Gasteiger partial charge < -0.3 is 10.1 Å². The van der Waals surface area contributed by atoms with E-state index in [2.05, 4.69) is 54.9 Å². The highest BCUT2D eigenvalue weighted by Crippen LogP contribution is 2.15. The van der Waals surface area contributed by atoms with Crippen LogP contribution in [-0.2, 0) is 19.5 Å². The van der Waals surface area contributed by atoms with Crippen LogP contribution in [0.3, 0.4) is 0 Å². The fourth-order valence-electron chi connectivity index (χ4n) is 2.80. The van der Waals surface area contributed by atoms with Crippen molar-refractivity contribution in [3.05, 3.63) is 46.8 Å². The van der Waals surface area contributed by atoms with Crippen LogP contribution in [0.2, 0.25) is 0 Å². The Labute approximate surface area is 133 Å². The monoisotopic (exact) mass is 301 g/mol. The number of benzene rings is 1. The van der Waals surface area contributed by atoms with Crippen molar-refractivity contribution in [2.75, 3.05) is 7.11 Å². The van der Waals surface area contributed by atoms with Gasteiger partial charge in [-0.1, -0.05) is 12.1 Å². The van der Waals surface area contributed by atoms with Crippen LogP contribution in [0.5, 0.6) is 5.75 Å². The molecule has 0 saturated heterocycles. The fraction of sp³-hybridized carbons (Fsp3) is 0.500. The van der Waals surface area contributed by atoms with E-state index in [0.29, 0.717) is 6.04 Å². The van der Waals surface area contributed by atoms with Crippen molar-refractivity contribution in [2.45, 2.75) is 53.2 Å². The second-order valence-electron chi connectivity index (χ2n) is 5.80. The van der Waals surface area contributed by atoms with Crippen molar-refractivity contribution in [1.82, 2.24) is 15.1 Å². The lowest BCUT2D eigenvalue weighted by Gasteiger charge is -2.15. The normalized spacial score (nSPS) is 12.4. The van der Waals surface area contributed by atoms with E-state index >= 15 is 0 Å². The van der Waals surface area contributed by atoms with Gasteiger partial charge in [-0.05, 0) is 51.8 Å². The standard InChI is InChI=1S/C18H27N3O/c1-6-21-15(4)18(14(3)20-21)12-19-13(2)10-16-8-7-9-17(11-16)22-5/h7-9,11,13,19H,6,10,12H2,1-5H3. The molecule has 0 bridgehead atoms. The van der Waals surface area contributed by atoms with Gasteiger partial charge in [0.05, 0.1) is 12.8 Å². The summed E-state index contributed by atoms with van der Waals surface area (Å²) in [5.74, 6) is 0.917. The number of hydrogen-bond donors (Lipinski definition) is 1. The first-order chi connectivity index (χ1) is 10.5. The first-order valence-electron chi connectivity index (χ1n) is 7.94. The van der Waals surface area contributed by atoms with E-state index in [9.17, 15) is 0 Å². The molecule has 1 atom stereocenters. The molecule has 0 spiro atoms. The number of rotatable bonds is 7. The summed E-state index contributed by atoms with van der Waals surface area (Å²) in [6.07, 6.45) is 0.983. The summed E-state index contributed by atoms with van der Waals surface area (Å²) in [4.78, 5) is 0. The molecule has 1 heterocycles. The molecule has 0 aliphatic rings. The SMILES string of the molecule is CCn1nc(C)c(CNC(C)Cc2cccc(OC)c2)c1C. The van der Waals surface area contributed by atoms with Crippen LogP contribution in [0, 0.1) is 13.8 Å². The van der Waals surface area contributed by atoms with Gasteiger partial charge in [-0.15, -0.1) is 0 Å². The Bertz CT molecular complexity index is 619. The highest BCUT2D eigenvalue weighted by Gasteiger charge is 2.12. The van der Waals surface area contributed by atoms with E-state index in [-0.39, 0.29) is 0 Å². The zero-order valence-electron chi connectivity index (χ0n) is 14.3. The van der Waals surface area contributed by atoms with E-state index in [0.717, 1.165) is 31.0 Å². The van der Waals surface area contributed by atoms with Crippen LogP contribution in [0.25, 0.3) is 0 Å². The molecule has 0 aliphatic carbocycles. The van der Waals surface area contributed by atoms with Crippen molar-refractivity contribution in [3.63, 3.8) is 0 Å². The number of nitrogens with one attached hydrogen (secondary N) is 1. The van der Waals surface area contributed by atoms with Crippen LogP contribution < -0.4 is 10.1 Å². The maximum atomic E-state index is 5.28. The van der Waals surface area contributed by atoms with E-state index in [1.54, 1.807) is 7.11 Å². The van der Waals surface area contributed by atoms with Crippen molar-refractivity contribution in [1.29, 1.82) is 0 Å². The number of nitrogens with zero attached hydrogens (tertiary/aromatic N) is 2. The van der Waals surface area contributed by atoms with Crippen LogP contribution in [-0.4, -0.2) is 22.9 Å². The van der Waals surface area contributed by atoms with Crippen molar-refractivity contribution in [2.24, 2.45) is 0 Å². The molecule has 2 rings (SSSR count). The Morgan fingerprint density at radius 1 is 1.32 bits per heavy atom. The molecule has 0 amide bonds. The van der Waals surface area contributed by atoms with Gasteiger partial charge in [-0.25, -0.2) is 0 Å². The van der Waals surface area contributed by atoms with E-state index in [1.165, 1.54) is 16.8 Å². The van der Waals surface area contributed by atoms with Gasteiger partial charge in [0, 0.05) is 30.4 Å². The summed E-state index contributed by atoms with van der Waals surface area (Å²) in [6, 6.07) is 8.67. The Morgan fingerprint density at radius 3 is 2.73 bits per heavy atom. The minimum atomic E-state index is 0.399. The first-order valence-corrected chi connectivity index (χ1v) is 7.94. The molecule has 4 nitrogen and oxygen atoms in total. The summed E-state index contributed by atoms with van der Waals surface area (Å²) in [5, 5.41) is 8.18. The minimum absolute atomic E-state index is 0.399.